The van der Waals surface area contributed by atoms with E-state index in [1.807, 2.05) is 0 Å². The third-order valence-corrected chi connectivity index (χ3v) is 2.39. The lowest BCUT2D eigenvalue weighted by atomic mass is 10.1. The van der Waals surface area contributed by atoms with Crippen LogP contribution in [0.2, 0.25) is 0 Å². The molecule has 1 aromatic heterocycles. The number of carboxylic acids is 1. The van der Waals surface area contributed by atoms with Crippen LogP contribution < -0.4 is 4.74 Å². The molecule has 0 aliphatic heterocycles. The van der Waals surface area contributed by atoms with Crippen LogP contribution in [0, 0.1) is 0 Å². The Morgan fingerprint density at radius 3 is 2.37 bits per heavy atom. The average molecular weight is 260 g/mol. The van der Waals surface area contributed by atoms with Crippen molar-refractivity contribution in [3.63, 3.8) is 0 Å². The van der Waals surface area contributed by atoms with E-state index in [9.17, 15) is 9.59 Å². The zero-order valence-corrected chi connectivity index (χ0v) is 10.3. The highest BCUT2D eigenvalue weighted by atomic mass is 16.6. The van der Waals surface area contributed by atoms with Crippen LogP contribution >= 0.6 is 0 Å². The number of ketones is 1. The molecule has 0 spiro atoms. The molecule has 19 heavy (non-hydrogen) atoms. The number of Topliss-reactive ketones (excluding diaryl/α,β-unsaturated/α-hetero) is 1. The summed E-state index contributed by atoms with van der Waals surface area (Å²) >= 11 is 0. The number of carbonyl (C=O) groups is 2. The van der Waals surface area contributed by atoms with Crippen molar-refractivity contribution in [2.75, 3.05) is 0 Å². The number of benzene rings is 1. The van der Waals surface area contributed by atoms with E-state index in [4.69, 9.17) is 14.3 Å². The molecule has 5 heteroatoms. The summed E-state index contributed by atoms with van der Waals surface area (Å²) in [6.45, 7) is 1.53. The number of hydrogen-bond donors (Lipinski definition) is 1. The zero-order chi connectivity index (χ0) is 13.8. The lowest BCUT2D eigenvalue weighted by molar-refractivity contribution is -0.116. The molecular formula is C14H12O5. The molecule has 0 fully saturated rings. The maximum atomic E-state index is 11.0. The monoisotopic (exact) mass is 260 g/mol. The number of rotatable bonds is 5. The molecule has 0 aliphatic carbocycles. The molecule has 2 rings (SSSR count). The first kappa shape index (κ1) is 12.9. The maximum absolute atomic E-state index is 11.0. The van der Waals surface area contributed by atoms with Gasteiger partial charge in [0, 0.05) is 12.5 Å². The SMILES string of the molecule is CC(=O)Cc1ccc(Oc2ccc(C(=O)O)o2)cc1. The van der Waals surface area contributed by atoms with Gasteiger partial charge in [-0.2, -0.15) is 0 Å². The number of aromatic carboxylic acids is 1. The van der Waals surface area contributed by atoms with E-state index in [0.29, 0.717) is 12.2 Å². The predicted molar refractivity (Wildman–Crippen MR) is 66.6 cm³/mol. The summed E-state index contributed by atoms with van der Waals surface area (Å²) in [4.78, 5) is 21.6. The summed E-state index contributed by atoms with van der Waals surface area (Å²) in [6.07, 6.45) is 0.379. The molecule has 0 bridgehead atoms. The van der Waals surface area contributed by atoms with Gasteiger partial charge in [-0.3, -0.25) is 4.79 Å². The highest BCUT2D eigenvalue weighted by Gasteiger charge is 2.10. The first-order chi connectivity index (χ1) is 9.04. The van der Waals surface area contributed by atoms with Crippen LogP contribution in [0.3, 0.4) is 0 Å². The van der Waals surface area contributed by atoms with Crippen LogP contribution in [-0.2, 0) is 11.2 Å². The molecule has 5 nitrogen and oxygen atoms in total. The molecule has 0 radical (unpaired) electrons. The zero-order valence-electron chi connectivity index (χ0n) is 10.3. The summed E-state index contributed by atoms with van der Waals surface area (Å²) in [6, 6.07) is 9.70. The van der Waals surface area contributed by atoms with Gasteiger partial charge >= 0.3 is 5.97 Å². The second-order valence-corrected chi connectivity index (χ2v) is 4.05. The Bertz CT molecular complexity index is 595. The smallest absolute Gasteiger partial charge is 0.371 e. The summed E-state index contributed by atoms with van der Waals surface area (Å²) in [5.41, 5.74) is 0.894. The highest BCUT2D eigenvalue weighted by molar-refractivity contribution is 5.84. The van der Waals surface area contributed by atoms with Gasteiger partial charge in [-0.1, -0.05) is 12.1 Å². The summed E-state index contributed by atoms with van der Waals surface area (Å²) in [5, 5.41) is 8.70. The van der Waals surface area contributed by atoms with Gasteiger partial charge in [-0.25, -0.2) is 4.79 Å². The lowest BCUT2D eigenvalue weighted by Crippen LogP contribution is -1.95. The first-order valence-corrected chi connectivity index (χ1v) is 5.64. The molecule has 1 heterocycles. The van der Waals surface area contributed by atoms with Gasteiger partial charge in [0.2, 0.25) is 5.76 Å². The topological polar surface area (TPSA) is 76.7 Å². The molecule has 0 saturated heterocycles. The first-order valence-electron chi connectivity index (χ1n) is 5.64. The Labute approximate surface area is 109 Å². The van der Waals surface area contributed by atoms with Gasteiger partial charge in [0.15, 0.2) is 0 Å². The molecular weight excluding hydrogens is 248 g/mol. The van der Waals surface area contributed by atoms with Crippen molar-refractivity contribution in [1.29, 1.82) is 0 Å². The van der Waals surface area contributed by atoms with Crippen molar-refractivity contribution in [3.05, 3.63) is 47.7 Å². The van der Waals surface area contributed by atoms with Crippen molar-refractivity contribution in [2.45, 2.75) is 13.3 Å². The second kappa shape index (κ2) is 5.39. The third-order valence-electron chi connectivity index (χ3n) is 2.39. The Hall–Kier alpha value is -2.56. The molecule has 0 aliphatic rings. The van der Waals surface area contributed by atoms with Gasteiger partial charge in [-0.15, -0.1) is 0 Å². The van der Waals surface area contributed by atoms with E-state index < -0.39 is 5.97 Å². The Morgan fingerprint density at radius 1 is 1.16 bits per heavy atom. The van der Waals surface area contributed by atoms with E-state index in [0.717, 1.165) is 5.56 Å². The van der Waals surface area contributed by atoms with Crippen LogP contribution in [0.15, 0.2) is 40.8 Å². The molecule has 0 amide bonds. The Kier molecular flexibility index (Phi) is 3.66. The number of hydrogen-bond acceptors (Lipinski definition) is 4. The molecule has 0 atom stereocenters. The van der Waals surface area contributed by atoms with Crippen molar-refractivity contribution < 1.29 is 23.8 Å². The second-order valence-electron chi connectivity index (χ2n) is 4.05. The Morgan fingerprint density at radius 2 is 1.84 bits per heavy atom. The standard InChI is InChI=1S/C14H12O5/c1-9(15)8-10-2-4-11(5-3-10)18-13-7-6-12(19-13)14(16)17/h2-7H,8H2,1H3,(H,16,17). The van der Waals surface area contributed by atoms with Crippen LogP contribution in [0.5, 0.6) is 11.7 Å². The highest BCUT2D eigenvalue weighted by Crippen LogP contribution is 2.24. The molecule has 1 N–H and O–H groups in total. The summed E-state index contributed by atoms with van der Waals surface area (Å²) in [5.74, 6) is -0.615. The largest absolute Gasteiger partial charge is 0.475 e. The van der Waals surface area contributed by atoms with Crippen molar-refractivity contribution >= 4 is 11.8 Å². The molecule has 98 valence electrons. The van der Waals surface area contributed by atoms with Crippen LogP contribution in [0.4, 0.5) is 0 Å². The third kappa shape index (κ3) is 3.45. The summed E-state index contributed by atoms with van der Waals surface area (Å²) in [7, 11) is 0. The van der Waals surface area contributed by atoms with E-state index in [1.165, 1.54) is 19.1 Å². The van der Waals surface area contributed by atoms with Gasteiger partial charge in [-0.05, 0) is 30.7 Å². The fourth-order valence-corrected chi connectivity index (χ4v) is 1.57. The van der Waals surface area contributed by atoms with Crippen molar-refractivity contribution in [1.82, 2.24) is 0 Å². The lowest BCUT2D eigenvalue weighted by Gasteiger charge is -2.03. The van der Waals surface area contributed by atoms with E-state index in [-0.39, 0.29) is 17.5 Å². The number of furan rings is 1. The summed E-state index contributed by atoms with van der Waals surface area (Å²) < 4.78 is 10.3. The minimum absolute atomic E-state index is 0.0887. The molecule has 2 aromatic rings. The van der Waals surface area contributed by atoms with Gasteiger partial charge < -0.3 is 14.3 Å². The van der Waals surface area contributed by atoms with Gasteiger partial charge in [0.25, 0.3) is 5.95 Å². The van der Waals surface area contributed by atoms with Crippen LogP contribution in [0.1, 0.15) is 23.0 Å². The predicted octanol–water partition coefficient (Wildman–Crippen LogP) is 2.90. The number of ether oxygens (including phenoxy) is 1. The minimum Gasteiger partial charge on any atom is -0.475 e. The molecule has 1 aromatic carbocycles. The van der Waals surface area contributed by atoms with Crippen LogP contribution in [0.25, 0.3) is 0 Å². The Balaban J connectivity index is 2.06. The quantitative estimate of drug-likeness (QED) is 0.894. The normalized spacial score (nSPS) is 10.2. The fourth-order valence-electron chi connectivity index (χ4n) is 1.57. The molecule has 0 unspecified atom stereocenters. The fraction of sp³-hybridized carbons (Fsp3) is 0.143. The van der Waals surface area contributed by atoms with Crippen molar-refractivity contribution in [3.8, 4) is 11.7 Å². The van der Waals surface area contributed by atoms with Crippen LogP contribution in [-0.4, -0.2) is 16.9 Å². The average Bonchev–Trinajstić information content (AvgIpc) is 2.80. The maximum Gasteiger partial charge on any atom is 0.371 e. The van der Waals surface area contributed by atoms with Gasteiger partial charge in [0.05, 0.1) is 0 Å². The van der Waals surface area contributed by atoms with E-state index in [1.54, 1.807) is 24.3 Å². The molecule has 0 saturated carbocycles. The van der Waals surface area contributed by atoms with E-state index in [2.05, 4.69) is 0 Å². The van der Waals surface area contributed by atoms with E-state index >= 15 is 0 Å². The number of carboxylic acid groups (broad SMARTS) is 1. The number of carbonyl (C=O) groups excluding carboxylic acids is 1. The van der Waals surface area contributed by atoms with Crippen molar-refractivity contribution in [2.24, 2.45) is 0 Å². The van der Waals surface area contributed by atoms with Gasteiger partial charge in [0.1, 0.15) is 11.5 Å². The minimum atomic E-state index is -1.15.